The molecule has 0 saturated carbocycles. The average molecular weight is 263 g/mol. The van der Waals surface area contributed by atoms with Gasteiger partial charge in [-0.05, 0) is 37.8 Å². The van der Waals surface area contributed by atoms with E-state index in [1.165, 1.54) is 19.3 Å². The topological polar surface area (TPSA) is 40.8 Å². The van der Waals surface area contributed by atoms with Crippen LogP contribution < -0.4 is 5.32 Å². The van der Waals surface area contributed by atoms with Crippen molar-refractivity contribution in [3.8, 4) is 0 Å². The van der Waals surface area contributed by atoms with Crippen LogP contribution in [0, 0.1) is 0 Å². The van der Waals surface area contributed by atoms with Crippen molar-refractivity contribution in [3.05, 3.63) is 24.2 Å². The van der Waals surface area contributed by atoms with E-state index >= 15 is 0 Å². The predicted molar refractivity (Wildman–Crippen MR) is 78.4 cm³/mol. The molecule has 1 fully saturated rings. The fourth-order valence-corrected chi connectivity index (χ4v) is 2.34. The second kappa shape index (κ2) is 7.87. The van der Waals surface area contributed by atoms with Gasteiger partial charge in [0.1, 0.15) is 5.76 Å². The highest BCUT2D eigenvalue weighted by Crippen LogP contribution is 2.09. The number of hydrogen-bond donors (Lipinski definition) is 1. The summed E-state index contributed by atoms with van der Waals surface area (Å²) in [4.78, 5) is 7.08. The lowest BCUT2D eigenvalue weighted by Gasteiger charge is -2.30. The average Bonchev–Trinajstić information content (AvgIpc) is 2.97. The zero-order valence-electron chi connectivity index (χ0n) is 11.9. The van der Waals surface area contributed by atoms with Gasteiger partial charge < -0.3 is 14.6 Å². The highest BCUT2D eigenvalue weighted by molar-refractivity contribution is 5.80. The van der Waals surface area contributed by atoms with Gasteiger partial charge in [-0.2, -0.15) is 0 Å². The predicted octanol–water partition coefficient (Wildman–Crippen LogP) is 2.66. The van der Waals surface area contributed by atoms with Gasteiger partial charge in [0.15, 0.2) is 5.96 Å². The summed E-state index contributed by atoms with van der Waals surface area (Å²) in [7, 11) is 0. The van der Waals surface area contributed by atoms with Crippen molar-refractivity contribution >= 4 is 5.96 Å². The zero-order chi connectivity index (χ0) is 13.3. The van der Waals surface area contributed by atoms with E-state index in [9.17, 15) is 0 Å². The zero-order valence-corrected chi connectivity index (χ0v) is 11.9. The molecule has 1 N–H and O–H groups in total. The molecule has 1 aromatic rings. The van der Waals surface area contributed by atoms with Crippen LogP contribution in [-0.2, 0) is 6.42 Å². The molecule has 2 heterocycles. The first kappa shape index (κ1) is 14.0. The number of piperidine rings is 1. The van der Waals surface area contributed by atoms with Crippen LogP contribution in [0.5, 0.6) is 0 Å². The van der Waals surface area contributed by atoms with Crippen molar-refractivity contribution in [1.82, 2.24) is 10.2 Å². The molecule has 2 rings (SSSR count). The van der Waals surface area contributed by atoms with E-state index in [2.05, 4.69) is 22.1 Å². The first-order chi connectivity index (χ1) is 9.40. The third-order valence-corrected chi connectivity index (χ3v) is 3.38. The van der Waals surface area contributed by atoms with Crippen LogP contribution >= 0.6 is 0 Å². The molecule has 19 heavy (non-hydrogen) atoms. The molecule has 0 unspecified atom stereocenters. The maximum atomic E-state index is 5.35. The van der Waals surface area contributed by atoms with Crippen molar-refractivity contribution in [2.45, 2.75) is 39.0 Å². The third kappa shape index (κ3) is 4.62. The van der Waals surface area contributed by atoms with Crippen LogP contribution in [0.2, 0.25) is 0 Å². The van der Waals surface area contributed by atoms with Gasteiger partial charge >= 0.3 is 0 Å². The lowest BCUT2D eigenvalue weighted by atomic mass is 10.1. The summed E-state index contributed by atoms with van der Waals surface area (Å²) in [6.45, 7) is 6.22. The van der Waals surface area contributed by atoms with E-state index in [1.54, 1.807) is 6.26 Å². The van der Waals surface area contributed by atoms with Crippen LogP contribution in [0.4, 0.5) is 0 Å². The minimum Gasteiger partial charge on any atom is -0.469 e. The second-order valence-corrected chi connectivity index (χ2v) is 5.01. The highest BCUT2D eigenvalue weighted by atomic mass is 16.3. The van der Waals surface area contributed by atoms with E-state index < -0.39 is 0 Å². The number of rotatable bonds is 5. The first-order valence-electron chi connectivity index (χ1n) is 7.46. The van der Waals surface area contributed by atoms with E-state index in [0.29, 0.717) is 0 Å². The van der Waals surface area contributed by atoms with Gasteiger partial charge in [-0.3, -0.25) is 4.99 Å². The van der Waals surface area contributed by atoms with Gasteiger partial charge in [0.2, 0.25) is 0 Å². The Morgan fingerprint density at radius 3 is 2.89 bits per heavy atom. The Kier molecular flexibility index (Phi) is 5.79. The summed E-state index contributed by atoms with van der Waals surface area (Å²) in [6, 6.07) is 3.96. The molecule has 0 bridgehead atoms. The van der Waals surface area contributed by atoms with Crippen LogP contribution in [0.15, 0.2) is 27.8 Å². The number of nitrogens with zero attached hydrogens (tertiary/aromatic N) is 2. The van der Waals surface area contributed by atoms with Gasteiger partial charge in [-0.15, -0.1) is 0 Å². The van der Waals surface area contributed by atoms with Gasteiger partial charge in [-0.25, -0.2) is 0 Å². The van der Waals surface area contributed by atoms with Crippen molar-refractivity contribution in [2.24, 2.45) is 4.99 Å². The van der Waals surface area contributed by atoms with Crippen molar-refractivity contribution in [2.75, 3.05) is 26.2 Å². The maximum absolute atomic E-state index is 5.35. The number of nitrogens with one attached hydrogen (secondary N) is 1. The summed E-state index contributed by atoms with van der Waals surface area (Å²) in [5.74, 6) is 2.11. The smallest absolute Gasteiger partial charge is 0.193 e. The Hall–Kier alpha value is -1.45. The molecule has 0 aliphatic carbocycles. The van der Waals surface area contributed by atoms with Crippen LogP contribution in [0.1, 0.15) is 38.4 Å². The van der Waals surface area contributed by atoms with Crippen LogP contribution in [0.25, 0.3) is 0 Å². The molecule has 1 aliphatic heterocycles. The molecule has 0 radical (unpaired) electrons. The Morgan fingerprint density at radius 2 is 2.21 bits per heavy atom. The van der Waals surface area contributed by atoms with E-state index in [-0.39, 0.29) is 0 Å². The Morgan fingerprint density at radius 1 is 1.37 bits per heavy atom. The molecule has 1 aromatic heterocycles. The standard InChI is InChI=1S/C15H25N3O/c1-2-9-16-15(18-11-4-3-5-12-18)17-10-8-14-7-6-13-19-14/h6-7,13H,2-5,8-12H2,1H3,(H,16,17). The molecular formula is C15H25N3O. The lowest BCUT2D eigenvalue weighted by Crippen LogP contribution is -2.44. The third-order valence-electron chi connectivity index (χ3n) is 3.38. The molecular weight excluding hydrogens is 238 g/mol. The van der Waals surface area contributed by atoms with E-state index in [4.69, 9.17) is 4.42 Å². The van der Waals surface area contributed by atoms with Crippen molar-refractivity contribution in [3.63, 3.8) is 0 Å². The van der Waals surface area contributed by atoms with Crippen molar-refractivity contribution in [1.29, 1.82) is 0 Å². The first-order valence-corrected chi connectivity index (χ1v) is 7.46. The summed E-state index contributed by atoms with van der Waals surface area (Å²) >= 11 is 0. The molecule has 1 aliphatic rings. The van der Waals surface area contributed by atoms with E-state index in [0.717, 1.165) is 50.7 Å². The van der Waals surface area contributed by atoms with Crippen molar-refractivity contribution < 1.29 is 4.42 Å². The summed E-state index contributed by atoms with van der Waals surface area (Å²) < 4.78 is 5.35. The number of guanidine groups is 1. The Labute approximate surface area is 115 Å². The maximum Gasteiger partial charge on any atom is 0.193 e. The largest absolute Gasteiger partial charge is 0.469 e. The normalized spacial score (nSPS) is 16.7. The highest BCUT2D eigenvalue weighted by Gasteiger charge is 2.14. The number of aliphatic imine (C=N–C) groups is 1. The van der Waals surface area contributed by atoms with E-state index in [1.807, 2.05) is 12.1 Å². The number of hydrogen-bond acceptors (Lipinski definition) is 2. The molecule has 0 amide bonds. The van der Waals surface area contributed by atoms with Gasteiger partial charge in [0.05, 0.1) is 6.26 Å². The second-order valence-electron chi connectivity index (χ2n) is 5.01. The summed E-state index contributed by atoms with van der Waals surface area (Å²) in [5.41, 5.74) is 0. The summed E-state index contributed by atoms with van der Waals surface area (Å²) in [5, 5.41) is 3.48. The molecule has 4 heteroatoms. The quantitative estimate of drug-likeness (QED) is 0.656. The molecule has 0 spiro atoms. The monoisotopic (exact) mass is 263 g/mol. The molecule has 4 nitrogen and oxygen atoms in total. The molecule has 1 saturated heterocycles. The van der Waals surface area contributed by atoms with Gasteiger partial charge in [-0.1, -0.05) is 6.92 Å². The number of likely N-dealkylation sites (tertiary alicyclic amines) is 1. The summed E-state index contributed by atoms with van der Waals surface area (Å²) in [6.07, 6.45) is 7.65. The Balaban J connectivity index is 1.82. The molecule has 0 aromatic carbocycles. The molecule has 106 valence electrons. The van der Waals surface area contributed by atoms with Gasteiger partial charge in [0.25, 0.3) is 0 Å². The fourth-order valence-electron chi connectivity index (χ4n) is 2.34. The lowest BCUT2D eigenvalue weighted by molar-refractivity contribution is 0.330. The fraction of sp³-hybridized carbons (Fsp3) is 0.667. The minimum atomic E-state index is 0.882. The Bertz CT molecular complexity index is 367. The molecule has 0 atom stereocenters. The SMILES string of the molecule is CCCN=C(NCCc1ccco1)N1CCCCC1. The minimum absolute atomic E-state index is 0.882. The van der Waals surface area contributed by atoms with Gasteiger partial charge in [0, 0.05) is 32.6 Å². The van der Waals surface area contributed by atoms with Crippen LogP contribution in [-0.4, -0.2) is 37.0 Å². The van der Waals surface area contributed by atoms with Crippen LogP contribution in [0.3, 0.4) is 0 Å². The number of furan rings is 1.